The Morgan fingerprint density at radius 3 is 2.26 bits per heavy atom. The summed E-state index contributed by atoms with van der Waals surface area (Å²) in [6, 6.07) is 16.3. The molecule has 100 valence electrons. The molecule has 0 aliphatic rings. The molecule has 0 saturated carbocycles. The number of hydrogen-bond donors (Lipinski definition) is 0. The molecular weight excluding hydrogens is 256 g/mol. The molecule has 2 heteroatoms. The molecule has 0 saturated heterocycles. The van der Waals surface area contributed by atoms with E-state index in [0.717, 1.165) is 16.9 Å². The van der Waals surface area contributed by atoms with E-state index in [0.29, 0.717) is 18.4 Å². The van der Waals surface area contributed by atoms with Crippen LogP contribution < -0.4 is 4.74 Å². The van der Waals surface area contributed by atoms with Crippen molar-refractivity contribution < 1.29 is 4.74 Å². The van der Waals surface area contributed by atoms with Gasteiger partial charge in [0.2, 0.25) is 0 Å². The second-order valence-corrected chi connectivity index (χ2v) is 5.15. The molecule has 0 bridgehead atoms. The lowest BCUT2D eigenvalue weighted by Gasteiger charge is -2.15. The highest BCUT2D eigenvalue weighted by Gasteiger charge is 2.08. The van der Waals surface area contributed by atoms with Gasteiger partial charge in [0.25, 0.3) is 0 Å². The first-order valence-corrected chi connectivity index (χ1v) is 7.10. The fourth-order valence-electron chi connectivity index (χ4n) is 2.07. The van der Waals surface area contributed by atoms with Crippen LogP contribution in [0.4, 0.5) is 0 Å². The van der Waals surface area contributed by atoms with Gasteiger partial charge in [0.05, 0.1) is 0 Å². The molecule has 0 spiro atoms. The summed E-state index contributed by atoms with van der Waals surface area (Å²) in [7, 11) is 0. The Kier molecular flexibility index (Phi) is 4.86. The molecule has 1 nitrogen and oxygen atoms in total. The van der Waals surface area contributed by atoms with Crippen molar-refractivity contribution in [2.45, 2.75) is 32.3 Å². The molecule has 0 unspecified atom stereocenters. The molecule has 0 aliphatic carbocycles. The largest absolute Gasteiger partial charge is 0.489 e. The van der Waals surface area contributed by atoms with Crippen LogP contribution in [0.1, 0.15) is 36.5 Å². The van der Waals surface area contributed by atoms with Gasteiger partial charge in [-0.1, -0.05) is 56.3 Å². The average molecular weight is 275 g/mol. The van der Waals surface area contributed by atoms with Crippen molar-refractivity contribution in [1.29, 1.82) is 0 Å². The van der Waals surface area contributed by atoms with E-state index in [9.17, 15) is 0 Å². The number of halogens is 1. The summed E-state index contributed by atoms with van der Waals surface area (Å²) >= 11 is 5.94. The lowest BCUT2D eigenvalue weighted by Crippen LogP contribution is -2.01. The van der Waals surface area contributed by atoms with Gasteiger partial charge in [-0.25, -0.2) is 0 Å². The summed E-state index contributed by atoms with van der Waals surface area (Å²) in [5.41, 5.74) is 3.52. The van der Waals surface area contributed by atoms with E-state index >= 15 is 0 Å². The van der Waals surface area contributed by atoms with Gasteiger partial charge in [-0.05, 0) is 28.7 Å². The second kappa shape index (κ2) is 6.63. The van der Waals surface area contributed by atoms with Gasteiger partial charge < -0.3 is 4.74 Å². The van der Waals surface area contributed by atoms with Gasteiger partial charge in [-0.15, -0.1) is 11.6 Å². The molecule has 0 radical (unpaired) electrons. The van der Waals surface area contributed by atoms with Crippen LogP contribution in [0.5, 0.6) is 5.75 Å². The van der Waals surface area contributed by atoms with E-state index in [1.54, 1.807) is 0 Å². The lowest BCUT2D eigenvalue weighted by atomic mass is 10.0. The van der Waals surface area contributed by atoms with Gasteiger partial charge >= 0.3 is 0 Å². The highest BCUT2D eigenvalue weighted by molar-refractivity contribution is 6.17. The summed E-state index contributed by atoms with van der Waals surface area (Å²) in [6.07, 6.45) is 0. The Hall–Kier alpha value is -1.47. The third kappa shape index (κ3) is 3.51. The molecule has 0 fully saturated rings. The molecule has 0 amide bonds. The number of hydrogen-bond acceptors (Lipinski definition) is 1. The fourth-order valence-corrected chi connectivity index (χ4v) is 2.33. The minimum atomic E-state index is 0.458. The Morgan fingerprint density at radius 1 is 0.947 bits per heavy atom. The zero-order valence-corrected chi connectivity index (χ0v) is 12.2. The van der Waals surface area contributed by atoms with E-state index in [2.05, 4.69) is 32.0 Å². The van der Waals surface area contributed by atoms with Crippen LogP contribution in [0, 0.1) is 0 Å². The van der Waals surface area contributed by atoms with Crippen molar-refractivity contribution in [3.8, 4) is 5.75 Å². The predicted octanol–water partition coefficient (Wildman–Crippen LogP) is 5.13. The maximum absolute atomic E-state index is 5.97. The van der Waals surface area contributed by atoms with E-state index in [1.165, 1.54) is 5.56 Å². The van der Waals surface area contributed by atoms with Crippen molar-refractivity contribution in [2.24, 2.45) is 0 Å². The van der Waals surface area contributed by atoms with Crippen LogP contribution >= 0.6 is 11.6 Å². The van der Waals surface area contributed by atoms with Crippen LogP contribution in [0.15, 0.2) is 48.5 Å². The molecule has 2 aromatic carbocycles. The average Bonchev–Trinajstić information content (AvgIpc) is 2.45. The molecule has 0 aliphatic heterocycles. The molecule has 0 aromatic heterocycles. The summed E-state index contributed by atoms with van der Waals surface area (Å²) in [5, 5.41) is 0. The van der Waals surface area contributed by atoms with E-state index < -0.39 is 0 Å². The summed E-state index contributed by atoms with van der Waals surface area (Å²) in [5.74, 6) is 1.94. The standard InChI is InChI=1S/C17H19ClO/c1-13(2)16-9-5-6-10-17(16)19-12-15-8-4-3-7-14(15)11-18/h3-10,13H,11-12H2,1-2H3. The predicted molar refractivity (Wildman–Crippen MR) is 80.9 cm³/mol. The number of ether oxygens (including phenoxy) is 1. The summed E-state index contributed by atoms with van der Waals surface area (Å²) in [4.78, 5) is 0. The van der Waals surface area contributed by atoms with Crippen LogP contribution in [0.3, 0.4) is 0 Å². The molecule has 0 heterocycles. The van der Waals surface area contributed by atoms with Gasteiger partial charge in [0.1, 0.15) is 12.4 Å². The lowest BCUT2D eigenvalue weighted by molar-refractivity contribution is 0.301. The molecule has 0 atom stereocenters. The van der Waals surface area contributed by atoms with Crippen LogP contribution in [0.2, 0.25) is 0 Å². The molecule has 0 N–H and O–H groups in total. The van der Waals surface area contributed by atoms with Crippen LogP contribution in [0.25, 0.3) is 0 Å². The highest BCUT2D eigenvalue weighted by Crippen LogP contribution is 2.27. The Labute approximate surface area is 120 Å². The van der Waals surface area contributed by atoms with E-state index in [1.807, 2.05) is 30.3 Å². The van der Waals surface area contributed by atoms with Gasteiger partial charge in [0, 0.05) is 5.88 Å². The second-order valence-electron chi connectivity index (χ2n) is 4.88. The van der Waals surface area contributed by atoms with Crippen molar-refractivity contribution in [1.82, 2.24) is 0 Å². The molecular formula is C17H19ClO. The van der Waals surface area contributed by atoms with Crippen LogP contribution in [-0.2, 0) is 12.5 Å². The SMILES string of the molecule is CC(C)c1ccccc1OCc1ccccc1CCl. The third-order valence-electron chi connectivity index (χ3n) is 3.19. The third-order valence-corrected chi connectivity index (χ3v) is 3.47. The monoisotopic (exact) mass is 274 g/mol. The fraction of sp³-hybridized carbons (Fsp3) is 0.294. The van der Waals surface area contributed by atoms with Crippen molar-refractivity contribution in [3.05, 3.63) is 65.2 Å². The first-order chi connectivity index (χ1) is 9.22. The minimum absolute atomic E-state index is 0.458. The van der Waals surface area contributed by atoms with Crippen LogP contribution in [-0.4, -0.2) is 0 Å². The zero-order chi connectivity index (χ0) is 13.7. The maximum atomic E-state index is 5.97. The number of para-hydroxylation sites is 1. The Bertz CT molecular complexity index is 534. The summed E-state index contributed by atoms with van der Waals surface area (Å²) in [6.45, 7) is 4.91. The van der Waals surface area contributed by atoms with Crippen molar-refractivity contribution in [2.75, 3.05) is 0 Å². The number of alkyl halides is 1. The first-order valence-electron chi connectivity index (χ1n) is 6.57. The van der Waals surface area contributed by atoms with Gasteiger partial charge in [-0.2, -0.15) is 0 Å². The summed E-state index contributed by atoms with van der Waals surface area (Å²) < 4.78 is 5.97. The topological polar surface area (TPSA) is 9.23 Å². The Balaban J connectivity index is 2.15. The van der Waals surface area contributed by atoms with Gasteiger partial charge in [-0.3, -0.25) is 0 Å². The van der Waals surface area contributed by atoms with E-state index in [4.69, 9.17) is 16.3 Å². The Morgan fingerprint density at radius 2 is 1.58 bits per heavy atom. The number of rotatable bonds is 5. The molecule has 2 rings (SSSR count). The smallest absolute Gasteiger partial charge is 0.123 e. The maximum Gasteiger partial charge on any atom is 0.123 e. The zero-order valence-electron chi connectivity index (χ0n) is 11.4. The van der Waals surface area contributed by atoms with Gasteiger partial charge in [0.15, 0.2) is 0 Å². The first kappa shape index (κ1) is 14.0. The minimum Gasteiger partial charge on any atom is -0.489 e. The molecule has 2 aromatic rings. The normalized spacial score (nSPS) is 10.7. The van der Waals surface area contributed by atoms with Crippen molar-refractivity contribution >= 4 is 11.6 Å². The molecule has 19 heavy (non-hydrogen) atoms. The number of benzene rings is 2. The van der Waals surface area contributed by atoms with Crippen molar-refractivity contribution in [3.63, 3.8) is 0 Å². The quantitative estimate of drug-likeness (QED) is 0.687. The highest BCUT2D eigenvalue weighted by atomic mass is 35.5. The van der Waals surface area contributed by atoms with E-state index in [-0.39, 0.29) is 0 Å².